The molecule has 0 aliphatic heterocycles. The van der Waals surface area contributed by atoms with Crippen LogP contribution >= 0.6 is 11.6 Å². The monoisotopic (exact) mass is 330 g/mol. The molecule has 0 radical (unpaired) electrons. The Hall–Kier alpha value is -2.33. The molecular weight excluding hydrogens is 312 g/mol. The number of carbonyl (C=O) groups is 2. The zero-order valence-corrected chi connectivity index (χ0v) is 14.1. The molecule has 2 rings (SSSR count). The maximum Gasteiger partial charge on any atom is 0.244 e. The van der Waals surface area contributed by atoms with E-state index in [1.54, 1.807) is 24.3 Å². The molecule has 2 aromatic rings. The Bertz CT molecular complexity index is 744. The van der Waals surface area contributed by atoms with Crippen molar-refractivity contribution in [3.05, 3.63) is 58.6 Å². The first kappa shape index (κ1) is 17.0. The van der Waals surface area contributed by atoms with Gasteiger partial charge in [-0.2, -0.15) is 0 Å². The summed E-state index contributed by atoms with van der Waals surface area (Å²) in [4.78, 5) is 25.7. The van der Waals surface area contributed by atoms with Gasteiger partial charge < -0.3 is 10.2 Å². The Morgan fingerprint density at radius 1 is 1.13 bits per heavy atom. The number of nitrogens with zero attached hydrogens (tertiary/aromatic N) is 1. The molecule has 0 aliphatic rings. The van der Waals surface area contributed by atoms with Gasteiger partial charge >= 0.3 is 0 Å². The third-order valence-electron chi connectivity index (χ3n) is 3.47. The highest BCUT2D eigenvalue weighted by molar-refractivity contribution is 6.33. The van der Waals surface area contributed by atoms with Crippen LogP contribution in [0.2, 0.25) is 5.02 Å². The van der Waals surface area contributed by atoms with Crippen LogP contribution < -0.4 is 10.2 Å². The minimum atomic E-state index is -0.298. The number of amides is 2. The summed E-state index contributed by atoms with van der Waals surface area (Å²) in [5.74, 6) is -0.487. The lowest BCUT2D eigenvalue weighted by atomic mass is 10.1. The van der Waals surface area contributed by atoms with E-state index in [4.69, 9.17) is 11.6 Å². The summed E-state index contributed by atoms with van der Waals surface area (Å²) < 4.78 is 0. The van der Waals surface area contributed by atoms with Crippen molar-refractivity contribution < 1.29 is 9.59 Å². The second-order valence-electron chi connectivity index (χ2n) is 5.42. The first-order valence-corrected chi connectivity index (χ1v) is 7.66. The molecule has 0 bridgehead atoms. The summed E-state index contributed by atoms with van der Waals surface area (Å²) in [6.07, 6.45) is 0. The maximum atomic E-state index is 12.3. The Morgan fingerprint density at radius 3 is 2.43 bits per heavy atom. The van der Waals surface area contributed by atoms with Crippen molar-refractivity contribution in [1.82, 2.24) is 0 Å². The molecule has 0 aromatic heterocycles. The molecule has 5 heteroatoms. The highest BCUT2D eigenvalue weighted by atomic mass is 35.5. The van der Waals surface area contributed by atoms with Gasteiger partial charge in [-0.3, -0.25) is 9.59 Å². The van der Waals surface area contributed by atoms with Gasteiger partial charge in [-0.05, 0) is 37.6 Å². The third kappa shape index (κ3) is 4.33. The molecule has 0 unspecified atom stereocenters. The summed E-state index contributed by atoms with van der Waals surface area (Å²) >= 11 is 6.03. The minimum absolute atomic E-state index is 0.0650. The molecule has 0 fully saturated rings. The normalized spacial score (nSPS) is 10.3. The Kier molecular flexibility index (Phi) is 5.40. The Labute approximate surface area is 141 Å². The van der Waals surface area contributed by atoms with Gasteiger partial charge in [0.15, 0.2) is 0 Å². The number of aryl methyl sites for hydroxylation is 2. The molecule has 2 aromatic carbocycles. The van der Waals surface area contributed by atoms with Crippen molar-refractivity contribution in [3.8, 4) is 0 Å². The van der Waals surface area contributed by atoms with E-state index >= 15 is 0 Å². The predicted octanol–water partition coefficient (Wildman–Crippen LogP) is 3.95. The lowest BCUT2D eigenvalue weighted by Gasteiger charge is -2.23. The first-order chi connectivity index (χ1) is 10.9. The summed E-state index contributed by atoms with van der Waals surface area (Å²) in [6, 6.07) is 12.7. The number of nitrogens with one attached hydrogen (secondary N) is 1. The van der Waals surface area contributed by atoms with E-state index in [9.17, 15) is 9.59 Å². The molecule has 0 saturated heterocycles. The molecule has 4 nitrogen and oxygen atoms in total. The summed E-state index contributed by atoms with van der Waals surface area (Å²) in [7, 11) is 0. The van der Waals surface area contributed by atoms with Crippen LogP contribution in [0.25, 0.3) is 0 Å². The van der Waals surface area contributed by atoms with Crippen molar-refractivity contribution in [2.75, 3.05) is 16.8 Å². The van der Waals surface area contributed by atoms with E-state index in [1.165, 1.54) is 11.8 Å². The summed E-state index contributed by atoms with van der Waals surface area (Å²) in [5, 5.41) is 3.19. The average molecular weight is 331 g/mol. The average Bonchev–Trinajstić information content (AvgIpc) is 2.48. The van der Waals surface area contributed by atoms with Crippen molar-refractivity contribution in [3.63, 3.8) is 0 Å². The number of hydrogen-bond acceptors (Lipinski definition) is 2. The van der Waals surface area contributed by atoms with Crippen LogP contribution in [0.5, 0.6) is 0 Å². The number of anilines is 2. The quantitative estimate of drug-likeness (QED) is 0.922. The van der Waals surface area contributed by atoms with Crippen LogP contribution in [0, 0.1) is 13.8 Å². The lowest BCUT2D eigenvalue weighted by molar-refractivity contribution is -0.120. The van der Waals surface area contributed by atoms with Crippen LogP contribution in [0.4, 0.5) is 11.4 Å². The predicted molar refractivity (Wildman–Crippen MR) is 94.0 cm³/mol. The van der Waals surface area contributed by atoms with Crippen molar-refractivity contribution in [2.24, 2.45) is 0 Å². The molecule has 1 N–H and O–H groups in total. The zero-order valence-electron chi connectivity index (χ0n) is 13.4. The van der Waals surface area contributed by atoms with Crippen LogP contribution in [-0.4, -0.2) is 18.4 Å². The third-order valence-corrected chi connectivity index (χ3v) is 3.80. The fraction of sp³-hybridized carbons (Fsp3) is 0.222. The van der Waals surface area contributed by atoms with E-state index in [1.807, 2.05) is 32.0 Å². The van der Waals surface area contributed by atoms with E-state index in [2.05, 4.69) is 5.32 Å². The molecule has 0 spiro atoms. The molecule has 2 amide bonds. The topological polar surface area (TPSA) is 49.4 Å². The summed E-state index contributed by atoms with van der Waals surface area (Å²) in [5.41, 5.74) is 3.32. The lowest BCUT2D eigenvalue weighted by Crippen LogP contribution is -2.37. The SMILES string of the molecule is CC(=O)N(CC(=O)Nc1ccccc1Cl)c1ccc(C)cc1C. The fourth-order valence-electron chi connectivity index (χ4n) is 2.37. The van der Waals surface area contributed by atoms with E-state index in [0.717, 1.165) is 16.8 Å². The van der Waals surface area contributed by atoms with Crippen LogP contribution in [0.3, 0.4) is 0 Å². The minimum Gasteiger partial charge on any atom is -0.323 e. The van der Waals surface area contributed by atoms with Crippen molar-refractivity contribution in [1.29, 1.82) is 0 Å². The molecule has 0 aliphatic carbocycles. The van der Waals surface area contributed by atoms with Crippen LogP contribution in [0.15, 0.2) is 42.5 Å². The van der Waals surface area contributed by atoms with Gasteiger partial charge in [-0.1, -0.05) is 41.4 Å². The van der Waals surface area contributed by atoms with Gasteiger partial charge in [-0.15, -0.1) is 0 Å². The largest absolute Gasteiger partial charge is 0.323 e. The number of carbonyl (C=O) groups excluding carboxylic acids is 2. The smallest absolute Gasteiger partial charge is 0.244 e. The standard InChI is InChI=1S/C18H19ClN2O2/c1-12-8-9-17(13(2)10-12)21(14(3)22)11-18(23)20-16-7-5-4-6-15(16)19/h4-10H,11H2,1-3H3,(H,20,23). The Balaban J connectivity index is 2.18. The number of hydrogen-bond donors (Lipinski definition) is 1. The molecular formula is C18H19ClN2O2. The first-order valence-electron chi connectivity index (χ1n) is 7.28. The number of rotatable bonds is 4. The van der Waals surface area contributed by atoms with E-state index < -0.39 is 0 Å². The molecule has 0 atom stereocenters. The second-order valence-corrected chi connectivity index (χ2v) is 5.83. The Morgan fingerprint density at radius 2 is 1.83 bits per heavy atom. The van der Waals surface area contributed by atoms with E-state index in [0.29, 0.717) is 10.7 Å². The number of halogens is 1. The van der Waals surface area contributed by atoms with Gasteiger partial charge in [0.05, 0.1) is 10.7 Å². The van der Waals surface area contributed by atoms with Gasteiger partial charge in [0.25, 0.3) is 0 Å². The van der Waals surface area contributed by atoms with Gasteiger partial charge in [0.1, 0.15) is 6.54 Å². The second kappa shape index (κ2) is 7.29. The van der Waals surface area contributed by atoms with Crippen molar-refractivity contribution >= 4 is 34.8 Å². The maximum absolute atomic E-state index is 12.3. The summed E-state index contributed by atoms with van der Waals surface area (Å²) in [6.45, 7) is 5.29. The molecule has 0 heterocycles. The van der Waals surface area contributed by atoms with Gasteiger partial charge in [0.2, 0.25) is 11.8 Å². The van der Waals surface area contributed by atoms with Gasteiger partial charge in [0, 0.05) is 12.6 Å². The molecule has 23 heavy (non-hydrogen) atoms. The number of benzene rings is 2. The highest BCUT2D eigenvalue weighted by Crippen LogP contribution is 2.23. The molecule has 0 saturated carbocycles. The van der Waals surface area contributed by atoms with E-state index in [-0.39, 0.29) is 18.4 Å². The van der Waals surface area contributed by atoms with Crippen LogP contribution in [-0.2, 0) is 9.59 Å². The van der Waals surface area contributed by atoms with Gasteiger partial charge in [-0.25, -0.2) is 0 Å². The zero-order chi connectivity index (χ0) is 17.0. The fourth-order valence-corrected chi connectivity index (χ4v) is 2.55. The van der Waals surface area contributed by atoms with Crippen molar-refractivity contribution in [2.45, 2.75) is 20.8 Å². The van der Waals surface area contributed by atoms with Crippen LogP contribution in [0.1, 0.15) is 18.1 Å². The molecule has 120 valence electrons. The highest BCUT2D eigenvalue weighted by Gasteiger charge is 2.18. The number of para-hydroxylation sites is 1.